The number of amides is 1. The average Bonchev–Trinajstić information content (AvgIpc) is 2.53. The SMILES string of the molecule is CS(=O)(=O)N(CC(=O)NCC1CCCCC1)Cc1ccccc1. The molecule has 0 atom stereocenters. The lowest BCUT2D eigenvalue weighted by atomic mass is 9.89. The first-order valence-corrected chi connectivity index (χ1v) is 10.1. The van der Waals surface area contributed by atoms with Crippen LogP contribution in [0, 0.1) is 5.92 Å². The first kappa shape index (κ1) is 17.9. The predicted molar refractivity (Wildman–Crippen MR) is 91.3 cm³/mol. The molecule has 0 aromatic heterocycles. The molecule has 1 saturated carbocycles. The number of nitrogens with one attached hydrogen (secondary N) is 1. The van der Waals surface area contributed by atoms with E-state index in [1.807, 2.05) is 30.3 Å². The molecular formula is C17H26N2O3S. The summed E-state index contributed by atoms with van der Waals surface area (Å²) in [6, 6.07) is 9.32. The van der Waals surface area contributed by atoms with Crippen molar-refractivity contribution in [3.63, 3.8) is 0 Å². The zero-order chi connectivity index (χ0) is 16.7. The van der Waals surface area contributed by atoms with Gasteiger partial charge in [0.15, 0.2) is 0 Å². The van der Waals surface area contributed by atoms with Gasteiger partial charge in [-0.05, 0) is 24.3 Å². The van der Waals surface area contributed by atoms with Crippen molar-refractivity contribution in [3.05, 3.63) is 35.9 Å². The third-order valence-electron chi connectivity index (χ3n) is 4.30. The molecule has 1 N–H and O–H groups in total. The molecule has 0 unspecified atom stereocenters. The van der Waals surface area contributed by atoms with Crippen LogP contribution in [-0.2, 0) is 21.4 Å². The van der Waals surface area contributed by atoms with Crippen LogP contribution in [0.15, 0.2) is 30.3 Å². The molecule has 2 rings (SSSR count). The van der Waals surface area contributed by atoms with Crippen molar-refractivity contribution in [3.8, 4) is 0 Å². The summed E-state index contributed by atoms with van der Waals surface area (Å²) in [7, 11) is -3.43. The van der Waals surface area contributed by atoms with Crippen LogP contribution in [-0.4, -0.2) is 38.0 Å². The summed E-state index contributed by atoms with van der Waals surface area (Å²) in [5, 5.41) is 2.90. The Hall–Kier alpha value is -1.40. The van der Waals surface area contributed by atoms with Crippen molar-refractivity contribution in [2.75, 3.05) is 19.3 Å². The lowest BCUT2D eigenvalue weighted by Crippen LogP contribution is -2.41. The van der Waals surface area contributed by atoms with Gasteiger partial charge in [-0.1, -0.05) is 49.6 Å². The largest absolute Gasteiger partial charge is 0.355 e. The summed E-state index contributed by atoms with van der Waals surface area (Å²) in [5.41, 5.74) is 0.873. The Bertz CT molecular complexity index is 596. The van der Waals surface area contributed by atoms with Gasteiger partial charge in [-0.15, -0.1) is 0 Å². The third-order valence-corrected chi connectivity index (χ3v) is 5.50. The van der Waals surface area contributed by atoms with E-state index < -0.39 is 10.0 Å². The van der Waals surface area contributed by atoms with Gasteiger partial charge in [0.1, 0.15) is 0 Å². The summed E-state index contributed by atoms with van der Waals surface area (Å²) < 4.78 is 25.1. The maximum atomic E-state index is 12.1. The second-order valence-electron chi connectivity index (χ2n) is 6.32. The fourth-order valence-electron chi connectivity index (χ4n) is 2.94. The van der Waals surface area contributed by atoms with Gasteiger partial charge in [0.25, 0.3) is 0 Å². The average molecular weight is 338 g/mol. The van der Waals surface area contributed by atoms with Crippen LogP contribution in [0.4, 0.5) is 0 Å². The topological polar surface area (TPSA) is 66.5 Å². The zero-order valence-corrected chi connectivity index (χ0v) is 14.5. The first-order valence-electron chi connectivity index (χ1n) is 8.21. The molecule has 1 aromatic rings. The molecule has 1 aliphatic carbocycles. The number of rotatable bonds is 7. The van der Waals surface area contributed by atoms with Crippen molar-refractivity contribution >= 4 is 15.9 Å². The molecule has 0 spiro atoms. The van der Waals surface area contributed by atoms with E-state index in [9.17, 15) is 13.2 Å². The Morgan fingerprint density at radius 3 is 2.43 bits per heavy atom. The fraction of sp³-hybridized carbons (Fsp3) is 0.588. The molecule has 0 heterocycles. The van der Waals surface area contributed by atoms with Gasteiger partial charge >= 0.3 is 0 Å². The molecule has 1 amide bonds. The van der Waals surface area contributed by atoms with E-state index in [1.165, 1.54) is 23.6 Å². The first-order chi connectivity index (χ1) is 10.9. The highest BCUT2D eigenvalue weighted by Crippen LogP contribution is 2.22. The van der Waals surface area contributed by atoms with E-state index in [-0.39, 0.29) is 19.0 Å². The Labute approximate surface area is 139 Å². The number of sulfonamides is 1. The van der Waals surface area contributed by atoms with Gasteiger partial charge in [-0.25, -0.2) is 8.42 Å². The molecule has 1 fully saturated rings. The number of hydrogen-bond acceptors (Lipinski definition) is 3. The van der Waals surface area contributed by atoms with Crippen LogP contribution in [0.1, 0.15) is 37.7 Å². The molecule has 23 heavy (non-hydrogen) atoms. The van der Waals surface area contributed by atoms with E-state index in [0.717, 1.165) is 24.7 Å². The summed E-state index contributed by atoms with van der Waals surface area (Å²) in [5.74, 6) is 0.311. The predicted octanol–water partition coefficient (Wildman–Crippen LogP) is 2.14. The number of nitrogens with zero attached hydrogens (tertiary/aromatic N) is 1. The van der Waals surface area contributed by atoms with Gasteiger partial charge in [0.05, 0.1) is 12.8 Å². The van der Waals surface area contributed by atoms with Gasteiger partial charge in [-0.2, -0.15) is 4.31 Å². The lowest BCUT2D eigenvalue weighted by Gasteiger charge is -2.23. The molecule has 0 bridgehead atoms. The maximum absolute atomic E-state index is 12.1. The number of carbonyl (C=O) groups excluding carboxylic acids is 1. The van der Waals surface area contributed by atoms with Gasteiger partial charge in [-0.3, -0.25) is 4.79 Å². The third kappa shape index (κ3) is 6.31. The highest BCUT2D eigenvalue weighted by Gasteiger charge is 2.21. The van der Waals surface area contributed by atoms with Crippen molar-refractivity contribution in [2.24, 2.45) is 5.92 Å². The molecular weight excluding hydrogens is 312 g/mol. The van der Waals surface area contributed by atoms with E-state index >= 15 is 0 Å². The van der Waals surface area contributed by atoms with Crippen LogP contribution in [0.2, 0.25) is 0 Å². The standard InChI is InChI=1S/C17H26N2O3S/c1-23(21,22)19(13-16-10-6-3-7-11-16)14-17(20)18-12-15-8-4-2-5-9-15/h3,6-7,10-11,15H,2,4-5,8-9,12-14H2,1H3,(H,18,20). The summed E-state index contributed by atoms with van der Waals surface area (Å²) in [6.45, 7) is 0.749. The molecule has 1 aliphatic rings. The molecule has 1 aromatic carbocycles. The minimum absolute atomic E-state index is 0.125. The van der Waals surface area contributed by atoms with Crippen LogP contribution in [0.3, 0.4) is 0 Å². The lowest BCUT2D eigenvalue weighted by molar-refractivity contribution is -0.121. The minimum atomic E-state index is -3.43. The molecule has 0 radical (unpaired) electrons. The van der Waals surface area contributed by atoms with E-state index in [0.29, 0.717) is 12.5 Å². The molecule has 0 aliphatic heterocycles. The second-order valence-corrected chi connectivity index (χ2v) is 8.31. The van der Waals surface area contributed by atoms with Crippen molar-refractivity contribution in [1.82, 2.24) is 9.62 Å². The highest BCUT2D eigenvalue weighted by atomic mass is 32.2. The molecule has 6 heteroatoms. The summed E-state index contributed by atoms with van der Waals surface area (Å²) >= 11 is 0. The van der Waals surface area contributed by atoms with E-state index in [1.54, 1.807) is 0 Å². The van der Waals surface area contributed by atoms with Crippen molar-refractivity contribution in [1.29, 1.82) is 0 Å². The highest BCUT2D eigenvalue weighted by molar-refractivity contribution is 7.88. The molecule has 5 nitrogen and oxygen atoms in total. The molecule has 128 valence electrons. The van der Waals surface area contributed by atoms with Crippen LogP contribution >= 0.6 is 0 Å². The normalized spacial score (nSPS) is 16.4. The quantitative estimate of drug-likeness (QED) is 0.828. The summed E-state index contributed by atoms with van der Waals surface area (Å²) in [4.78, 5) is 12.1. The minimum Gasteiger partial charge on any atom is -0.355 e. The van der Waals surface area contributed by atoms with Crippen molar-refractivity contribution in [2.45, 2.75) is 38.6 Å². The second kappa shape index (κ2) is 8.45. The smallest absolute Gasteiger partial charge is 0.235 e. The number of benzene rings is 1. The maximum Gasteiger partial charge on any atom is 0.235 e. The molecule has 0 saturated heterocycles. The monoisotopic (exact) mass is 338 g/mol. The van der Waals surface area contributed by atoms with E-state index in [4.69, 9.17) is 0 Å². The fourth-order valence-corrected chi connectivity index (χ4v) is 3.68. The Morgan fingerprint density at radius 2 is 1.83 bits per heavy atom. The van der Waals surface area contributed by atoms with E-state index in [2.05, 4.69) is 5.32 Å². The number of hydrogen-bond donors (Lipinski definition) is 1. The zero-order valence-electron chi connectivity index (χ0n) is 13.7. The van der Waals surface area contributed by atoms with Crippen LogP contribution < -0.4 is 5.32 Å². The van der Waals surface area contributed by atoms with Gasteiger partial charge in [0.2, 0.25) is 15.9 Å². The van der Waals surface area contributed by atoms with Crippen LogP contribution in [0.25, 0.3) is 0 Å². The van der Waals surface area contributed by atoms with Gasteiger partial charge in [0, 0.05) is 13.1 Å². The summed E-state index contributed by atoms with van der Waals surface area (Å²) in [6.07, 6.45) is 7.18. The van der Waals surface area contributed by atoms with Crippen molar-refractivity contribution < 1.29 is 13.2 Å². The van der Waals surface area contributed by atoms with Crippen LogP contribution in [0.5, 0.6) is 0 Å². The van der Waals surface area contributed by atoms with Gasteiger partial charge < -0.3 is 5.32 Å². The Kier molecular flexibility index (Phi) is 6.59. The Balaban J connectivity index is 1.88. The number of carbonyl (C=O) groups is 1. The Morgan fingerprint density at radius 1 is 1.17 bits per heavy atom.